The molecule has 7 nitrogen and oxygen atoms in total. The molecule has 0 saturated carbocycles. The number of ether oxygens (including phenoxy) is 1. The molecule has 0 unspecified atom stereocenters. The SMILES string of the molecule is NC(=O)[C@@H](CSC(c1ccccc1)(c1ccccc1)c1ccccc1)NC(=O)[C@@H](CSC(c1ccccc1)(c1ccccc1)c1ccccc1)NC(=O)OCC1c2ccccc2-c2ccccc21. The fraction of sp³-hybridized carbons (Fsp3) is 0.136. The summed E-state index contributed by atoms with van der Waals surface area (Å²) < 4.78 is 4.47. The van der Waals surface area contributed by atoms with Crippen molar-refractivity contribution in [1.82, 2.24) is 10.6 Å². The van der Waals surface area contributed by atoms with Gasteiger partial charge in [-0.2, -0.15) is 0 Å². The van der Waals surface area contributed by atoms with Gasteiger partial charge in [0.05, 0.1) is 9.49 Å². The van der Waals surface area contributed by atoms with E-state index >= 15 is 4.79 Å². The lowest BCUT2D eigenvalue weighted by Crippen LogP contribution is -2.55. The number of alkyl carbamates (subject to hydrolysis) is 1. The van der Waals surface area contributed by atoms with Crippen molar-refractivity contribution in [3.05, 3.63) is 275 Å². The van der Waals surface area contributed by atoms with Crippen LogP contribution in [0.3, 0.4) is 0 Å². The molecule has 3 amide bonds. The zero-order chi connectivity index (χ0) is 46.8. The van der Waals surface area contributed by atoms with Gasteiger partial charge in [-0.3, -0.25) is 9.59 Å². The van der Waals surface area contributed by atoms with Gasteiger partial charge in [0.15, 0.2) is 0 Å². The maximum atomic E-state index is 15.0. The molecule has 68 heavy (non-hydrogen) atoms. The molecule has 0 heterocycles. The Morgan fingerprint density at radius 3 is 1.09 bits per heavy atom. The molecule has 0 saturated heterocycles. The Morgan fingerprint density at radius 1 is 0.441 bits per heavy atom. The van der Waals surface area contributed by atoms with Gasteiger partial charge in [0.25, 0.3) is 0 Å². The largest absolute Gasteiger partial charge is 0.449 e. The van der Waals surface area contributed by atoms with Gasteiger partial charge >= 0.3 is 6.09 Å². The lowest BCUT2D eigenvalue weighted by Gasteiger charge is -2.37. The van der Waals surface area contributed by atoms with Gasteiger partial charge in [0, 0.05) is 17.4 Å². The van der Waals surface area contributed by atoms with E-state index in [-0.39, 0.29) is 24.0 Å². The molecule has 0 aromatic heterocycles. The molecule has 338 valence electrons. The molecular weight excluding hydrogens is 879 g/mol. The van der Waals surface area contributed by atoms with Crippen LogP contribution in [0.4, 0.5) is 4.79 Å². The van der Waals surface area contributed by atoms with E-state index in [1.807, 2.05) is 133 Å². The molecule has 0 spiro atoms. The van der Waals surface area contributed by atoms with E-state index in [0.717, 1.165) is 55.6 Å². The van der Waals surface area contributed by atoms with Gasteiger partial charge in [-0.15, -0.1) is 23.5 Å². The van der Waals surface area contributed by atoms with Gasteiger partial charge in [-0.25, -0.2) is 4.79 Å². The fourth-order valence-corrected chi connectivity index (χ4v) is 12.5. The third kappa shape index (κ3) is 9.45. The topological polar surface area (TPSA) is 111 Å². The minimum Gasteiger partial charge on any atom is -0.449 e. The first kappa shape index (κ1) is 45.8. The minimum absolute atomic E-state index is 0.0599. The van der Waals surface area contributed by atoms with Crippen LogP contribution in [0, 0.1) is 0 Å². The van der Waals surface area contributed by atoms with Crippen molar-refractivity contribution < 1.29 is 19.1 Å². The van der Waals surface area contributed by atoms with Gasteiger partial charge in [-0.1, -0.05) is 231 Å². The Bertz CT molecular complexity index is 2710. The Labute approximate surface area is 406 Å². The lowest BCUT2D eigenvalue weighted by atomic mass is 9.84. The fourth-order valence-electron chi connectivity index (χ4n) is 9.39. The van der Waals surface area contributed by atoms with Crippen LogP contribution in [-0.4, -0.2) is 48.1 Å². The highest BCUT2D eigenvalue weighted by Crippen LogP contribution is 2.50. The average Bonchev–Trinajstić information content (AvgIpc) is 3.72. The van der Waals surface area contributed by atoms with Crippen LogP contribution < -0.4 is 16.4 Å². The molecule has 1 aliphatic rings. The first-order chi connectivity index (χ1) is 33.4. The van der Waals surface area contributed by atoms with Crippen LogP contribution in [-0.2, 0) is 23.8 Å². The normalized spacial score (nSPS) is 13.1. The molecule has 0 bridgehead atoms. The second-order valence-corrected chi connectivity index (χ2v) is 19.1. The van der Waals surface area contributed by atoms with Gasteiger partial charge < -0.3 is 21.1 Å². The van der Waals surface area contributed by atoms with Crippen LogP contribution >= 0.6 is 23.5 Å². The van der Waals surface area contributed by atoms with E-state index < -0.39 is 39.5 Å². The van der Waals surface area contributed by atoms with Crippen molar-refractivity contribution in [2.24, 2.45) is 5.73 Å². The van der Waals surface area contributed by atoms with Gasteiger partial charge in [0.1, 0.15) is 18.7 Å². The maximum Gasteiger partial charge on any atom is 0.407 e. The number of carbonyl (C=O) groups excluding carboxylic acids is 3. The summed E-state index contributed by atoms with van der Waals surface area (Å²) in [6.07, 6.45) is -0.751. The molecular formula is C59H51N3O4S2. The van der Waals surface area contributed by atoms with E-state index in [2.05, 4.69) is 108 Å². The van der Waals surface area contributed by atoms with Crippen LogP contribution in [0.1, 0.15) is 50.4 Å². The summed E-state index contributed by atoms with van der Waals surface area (Å²) in [7, 11) is 0. The van der Waals surface area contributed by atoms with Crippen molar-refractivity contribution in [2.45, 2.75) is 27.5 Å². The highest BCUT2D eigenvalue weighted by molar-refractivity contribution is 8.01. The number of carbonyl (C=O) groups is 3. The summed E-state index contributed by atoms with van der Waals surface area (Å²) in [4.78, 5) is 42.8. The molecule has 8 aromatic carbocycles. The summed E-state index contributed by atoms with van der Waals surface area (Å²) >= 11 is 3.04. The monoisotopic (exact) mass is 929 g/mol. The zero-order valence-corrected chi connectivity index (χ0v) is 39.0. The first-order valence-electron chi connectivity index (χ1n) is 22.7. The summed E-state index contributed by atoms with van der Waals surface area (Å²) in [5, 5.41) is 5.97. The summed E-state index contributed by atoms with van der Waals surface area (Å²) in [5.74, 6) is -1.24. The Kier molecular flexibility index (Phi) is 14.2. The molecule has 0 radical (unpaired) electrons. The summed E-state index contributed by atoms with van der Waals surface area (Å²) in [6.45, 7) is 0.0599. The summed E-state index contributed by atoms with van der Waals surface area (Å²) in [6, 6.07) is 74.9. The summed E-state index contributed by atoms with van der Waals surface area (Å²) in [5.41, 5.74) is 16.6. The van der Waals surface area contributed by atoms with E-state index in [4.69, 9.17) is 10.5 Å². The van der Waals surface area contributed by atoms with E-state index in [1.165, 1.54) is 23.5 Å². The highest BCUT2D eigenvalue weighted by Gasteiger charge is 2.41. The smallest absolute Gasteiger partial charge is 0.407 e. The quantitative estimate of drug-likeness (QED) is 0.0739. The van der Waals surface area contributed by atoms with E-state index in [9.17, 15) is 9.59 Å². The van der Waals surface area contributed by atoms with Gasteiger partial charge in [0.2, 0.25) is 11.8 Å². The molecule has 9 rings (SSSR count). The maximum absolute atomic E-state index is 15.0. The number of nitrogens with one attached hydrogen (secondary N) is 2. The van der Waals surface area contributed by atoms with Crippen molar-refractivity contribution in [1.29, 1.82) is 0 Å². The third-order valence-corrected chi connectivity index (χ3v) is 15.9. The van der Waals surface area contributed by atoms with Crippen LogP contribution in [0.15, 0.2) is 231 Å². The molecule has 4 N–H and O–H groups in total. The number of nitrogens with two attached hydrogens (primary N) is 1. The van der Waals surface area contributed by atoms with Crippen LogP contribution in [0.5, 0.6) is 0 Å². The van der Waals surface area contributed by atoms with E-state index in [1.54, 1.807) is 0 Å². The van der Waals surface area contributed by atoms with Crippen LogP contribution in [0.25, 0.3) is 11.1 Å². The van der Waals surface area contributed by atoms with Crippen LogP contribution in [0.2, 0.25) is 0 Å². The average molecular weight is 930 g/mol. The Balaban J connectivity index is 1.04. The third-order valence-electron chi connectivity index (χ3n) is 12.6. The van der Waals surface area contributed by atoms with Crippen molar-refractivity contribution in [3.63, 3.8) is 0 Å². The second-order valence-electron chi connectivity index (χ2n) is 16.7. The number of primary amides is 1. The molecule has 0 aliphatic heterocycles. The zero-order valence-electron chi connectivity index (χ0n) is 37.3. The molecule has 8 aromatic rings. The number of rotatable bonds is 18. The second kappa shape index (κ2) is 21.1. The number of benzene rings is 8. The number of amides is 3. The van der Waals surface area contributed by atoms with Crippen molar-refractivity contribution >= 4 is 41.4 Å². The van der Waals surface area contributed by atoms with Crippen molar-refractivity contribution in [3.8, 4) is 11.1 Å². The predicted molar refractivity (Wildman–Crippen MR) is 276 cm³/mol. The highest BCUT2D eigenvalue weighted by atomic mass is 32.2. The number of fused-ring (bicyclic) bond motifs is 3. The van der Waals surface area contributed by atoms with Crippen molar-refractivity contribution in [2.75, 3.05) is 18.1 Å². The number of hydrogen-bond donors (Lipinski definition) is 3. The lowest BCUT2D eigenvalue weighted by molar-refractivity contribution is -0.127. The number of thioether (sulfide) groups is 2. The molecule has 0 fully saturated rings. The Hall–Kier alpha value is -7.33. The van der Waals surface area contributed by atoms with Gasteiger partial charge in [-0.05, 0) is 55.6 Å². The minimum atomic E-state index is -1.17. The predicted octanol–water partition coefficient (Wildman–Crippen LogP) is 11.3. The molecule has 1 aliphatic carbocycles. The first-order valence-corrected chi connectivity index (χ1v) is 24.7. The molecule has 9 heteroatoms. The Morgan fingerprint density at radius 2 is 0.750 bits per heavy atom. The standard InChI is InChI=1S/C59H51N3O4S2/c60-55(63)53(40-67-58(42-23-7-1-8-24-42,43-25-9-2-10-26-43)44-27-11-3-12-28-44)61-56(64)54(62-57(65)66-39-52-50-37-21-19-35-48(50)49-36-20-22-38-51(49)52)41-68-59(45-29-13-4-14-30-45,46-31-15-5-16-32-46)47-33-17-6-18-34-47/h1-38,52-54H,39-41H2,(H2,60,63)(H,61,64)(H,62,65)/t53-,54-/m1/s1. The molecule has 2 atom stereocenters. The van der Waals surface area contributed by atoms with E-state index in [0.29, 0.717) is 0 Å². The number of hydrogen-bond acceptors (Lipinski definition) is 6.